The minimum absolute atomic E-state index is 0.0920. The summed E-state index contributed by atoms with van der Waals surface area (Å²) in [6, 6.07) is -0.790. The number of aliphatic hydroxyl groups is 1. The SMILES string of the molecule is NC(CCC(=O)O)C(=O)NCC1CCCCC1O. The zero-order chi connectivity index (χ0) is 13.5. The van der Waals surface area contributed by atoms with Crippen LogP contribution in [0.4, 0.5) is 0 Å². The second-order valence-corrected chi connectivity index (χ2v) is 4.90. The molecule has 0 aromatic rings. The Morgan fingerprint density at radius 1 is 1.33 bits per heavy atom. The van der Waals surface area contributed by atoms with Crippen LogP contribution in [0, 0.1) is 5.92 Å². The Bertz CT molecular complexity index is 296. The number of carbonyl (C=O) groups is 2. The predicted molar refractivity (Wildman–Crippen MR) is 65.8 cm³/mol. The summed E-state index contributed by atoms with van der Waals surface area (Å²) in [5.74, 6) is -1.20. The third-order valence-electron chi connectivity index (χ3n) is 3.41. The smallest absolute Gasteiger partial charge is 0.303 e. The fourth-order valence-electron chi connectivity index (χ4n) is 2.20. The number of rotatable bonds is 6. The number of carboxylic acid groups (broad SMARTS) is 1. The van der Waals surface area contributed by atoms with Crippen LogP contribution in [-0.2, 0) is 9.59 Å². The molecule has 0 radical (unpaired) electrons. The quantitative estimate of drug-likeness (QED) is 0.529. The molecule has 1 fully saturated rings. The van der Waals surface area contributed by atoms with Gasteiger partial charge >= 0.3 is 5.97 Å². The number of nitrogens with one attached hydrogen (secondary N) is 1. The van der Waals surface area contributed by atoms with Crippen molar-refractivity contribution < 1.29 is 19.8 Å². The van der Waals surface area contributed by atoms with Gasteiger partial charge in [0.05, 0.1) is 12.1 Å². The summed E-state index contributed by atoms with van der Waals surface area (Å²) in [7, 11) is 0. The Labute approximate surface area is 107 Å². The molecule has 18 heavy (non-hydrogen) atoms. The van der Waals surface area contributed by atoms with Crippen LogP contribution in [0.1, 0.15) is 38.5 Å². The van der Waals surface area contributed by atoms with Gasteiger partial charge in [-0.05, 0) is 19.3 Å². The van der Waals surface area contributed by atoms with E-state index in [1.807, 2.05) is 0 Å². The lowest BCUT2D eigenvalue weighted by Crippen LogP contribution is -2.44. The molecule has 104 valence electrons. The molecule has 1 amide bonds. The van der Waals surface area contributed by atoms with Crippen LogP contribution in [0.25, 0.3) is 0 Å². The summed E-state index contributed by atoms with van der Waals surface area (Å²) in [6.07, 6.45) is 3.47. The van der Waals surface area contributed by atoms with Crippen molar-refractivity contribution in [2.75, 3.05) is 6.54 Å². The van der Waals surface area contributed by atoms with Crippen LogP contribution in [0.15, 0.2) is 0 Å². The Hall–Kier alpha value is -1.14. The first-order chi connectivity index (χ1) is 8.50. The molecule has 1 saturated carbocycles. The van der Waals surface area contributed by atoms with Gasteiger partial charge in [0.15, 0.2) is 0 Å². The zero-order valence-electron chi connectivity index (χ0n) is 10.5. The van der Waals surface area contributed by atoms with Crippen molar-refractivity contribution in [1.29, 1.82) is 0 Å². The van der Waals surface area contributed by atoms with E-state index in [4.69, 9.17) is 10.8 Å². The van der Waals surface area contributed by atoms with E-state index in [0.29, 0.717) is 6.54 Å². The average Bonchev–Trinajstić information content (AvgIpc) is 2.34. The standard InChI is InChI=1S/C12H22N2O4/c13-9(5-6-11(16)17)12(18)14-7-8-3-1-2-4-10(8)15/h8-10,15H,1-7,13H2,(H,14,18)(H,16,17). The largest absolute Gasteiger partial charge is 0.481 e. The molecule has 0 aromatic heterocycles. The van der Waals surface area contributed by atoms with E-state index in [1.54, 1.807) is 0 Å². The number of hydrogen-bond donors (Lipinski definition) is 4. The van der Waals surface area contributed by atoms with Crippen molar-refractivity contribution in [3.8, 4) is 0 Å². The van der Waals surface area contributed by atoms with E-state index in [1.165, 1.54) is 0 Å². The van der Waals surface area contributed by atoms with Gasteiger partial charge in [0, 0.05) is 18.9 Å². The van der Waals surface area contributed by atoms with Crippen molar-refractivity contribution >= 4 is 11.9 Å². The third-order valence-corrected chi connectivity index (χ3v) is 3.41. The summed E-state index contributed by atoms with van der Waals surface area (Å²) < 4.78 is 0. The summed E-state index contributed by atoms with van der Waals surface area (Å²) >= 11 is 0. The summed E-state index contributed by atoms with van der Waals surface area (Å²) in [6.45, 7) is 0.417. The normalized spacial score (nSPS) is 25.4. The molecule has 6 heteroatoms. The number of aliphatic hydroxyl groups excluding tert-OH is 1. The maximum absolute atomic E-state index is 11.6. The first kappa shape index (κ1) is 14.9. The van der Waals surface area contributed by atoms with E-state index >= 15 is 0 Å². The van der Waals surface area contributed by atoms with Crippen molar-refractivity contribution in [3.05, 3.63) is 0 Å². The van der Waals surface area contributed by atoms with E-state index < -0.39 is 12.0 Å². The highest BCUT2D eigenvalue weighted by atomic mass is 16.4. The Balaban J connectivity index is 2.24. The lowest BCUT2D eigenvalue weighted by atomic mass is 9.86. The summed E-state index contributed by atoms with van der Waals surface area (Å²) in [5.41, 5.74) is 5.58. The molecule has 0 saturated heterocycles. The monoisotopic (exact) mass is 258 g/mol. The minimum Gasteiger partial charge on any atom is -0.481 e. The molecular weight excluding hydrogens is 236 g/mol. The lowest BCUT2D eigenvalue weighted by molar-refractivity contribution is -0.137. The van der Waals surface area contributed by atoms with E-state index in [-0.39, 0.29) is 30.8 Å². The van der Waals surface area contributed by atoms with Gasteiger partial charge < -0.3 is 21.3 Å². The maximum atomic E-state index is 11.6. The molecule has 1 aliphatic rings. The van der Waals surface area contributed by atoms with Crippen molar-refractivity contribution in [2.24, 2.45) is 11.7 Å². The van der Waals surface area contributed by atoms with Crippen molar-refractivity contribution in [2.45, 2.75) is 50.7 Å². The van der Waals surface area contributed by atoms with Gasteiger partial charge in [-0.25, -0.2) is 0 Å². The maximum Gasteiger partial charge on any atom is 0.303 e. The van der Waals surface area contributed by atoms with Crippen LogP contribution in [-0.4, -0.2) is 40.8 Å². The Morgan fingerprint density at radius 3 is 2.61 bits per heavy atom. The highest BCUT2D eigenvalue weighted by Crippen LogP contribution is 2.23. The predicted octanol–water partition coefficient (Wildman–Crippen LogP) is -0.154. The fraction of sp³-hybridized carbons (Fsp3) is 0.833. The van der Waals surface area contributed by atoms with E-state index in [0.717, 1.165) is 25.7 Å². The van der Waals surface area contributed by atoms with Gasteiger partial charge in [0.1, 0.15) is 0 Å². The molecule has 0 heterocycles. The molecule has 6 nitrogen and oxygen atoms in total. The highest BCUT2D eigenvalue weighted by molar-refractivity contribution is 5.82. The van der Waals surface area contributed by atoms with Gasteiger partial charge in [-0.3, -0.25) is 9.59 Å². The molecule has 1 rings (SSSR count). The second kappa shape index (κ2) is 7.33. The molecule has 1 aliphatic carbocycles. The number of hydrogen-bond acceptors (Lipinski definition) is 4. The minimum atomic E-state index is -0.957. The van der Waals surface area contributed by atoms with Crippen molar-refractivity contribution in [1.82, 2.24) is 5.32 Å². The van der Waals surface area contributed by atoms with E-state index in [9.17, 15) is 14.7 Å². The zero-order valence-corrected chi connectivity index (χ0v) is 10.5. The topological polar surface area (TPSA) is 113 Å². The molecule has 0 spiro atoms. The van der Waals surface area contributed by atoms with Crippen LogP contribution in [0.3, 0.4) is 0 Å². The van der Waals surface area contributed by atoms with Gasteiger partial charge in [-0.2, -0.15) is 0 Å². The Kier molecular flexibility index (Phi) is 6.07. The van der Waals surface area contributed by atoms with Crippen LogP contribution in [0.2, 0.25) is 0 Å². The third kappa shape index (κ3) is 5.01. The Morgan fingerprint density at radius 2 is 2.00 bits per heavy atom. The molecule has 5 N–H and O–H groups in total. The number of carboxylic acids is 1. The summed E-state index contributed by atoms with van der Waals surface area (Å²) in [5, 5.41) is 20.9. The van der Waals surface area contributed by atoms with Gasteiger partial charge in [0.2, 0.25) is 5.91 Å². The van der Waals surface area contributed by atoms with E-state index in [2.05, 4.69) is 5.32 Å². The van der Waals surface area contributed by atoms with Gasteiger partial charge in [-0.1, -0.05) is 12.8 Å². The van der Waals surface area contributed by atoms with Gasteiger partial charge in [0.25, 0.3) is 0 Å². The number of amides is 1. The first-order valence-corrected chi connectivity index (χ1v) is 6.44. The lowest BCUT2D eigenvalue weighted by Gasteiger charge is -2.28. The molecule has 3 atom stereocenters. The second-order valence-electron chi connectivity index (χ2n) is 4.90. The van der Waals surface area contributed by atoms with Crippen LogP contribution < -0.4 is 11.1 Å². The number of nitrogens with two attached hydrogens (primary N) is 1. The molecule has 0 bridgehead atoms. The fourth-order valence-corrected chi connectivity index (χ4v) is 2.20. The van der Waals surface area contributed by atoms with Crippen molar-refractivity contribution in [3.63, 3.8) is 0 Å². The molecular formula is C12H22N2O4. The van der Waals surface area contributed by atoms with Crippen LogP contribution in [0.5, 0.6) is 0 Å². The average molecular weight is 258 g/mol. The number of carbonyl (C=O) groups excluding carboxylic acids is 1. The molecule has 0 aliphatic heterocycles. The summed E-state index contributed by atoms with van der Waals surface area (Å²) in [4.78, 5) is 21.9. The van der Waals surface area contributed by atoms with Crippen LogP contribution >= 0.6 is 0 Å². The van der Waals surface area contributed by atoms with Gasteiger partial charge in [-0.15, -0.1) is 0 Å². The highest BCUT2D eigenvalue weighted by Gasteiger charge is 2.24. The first-order valence-electron chi connectivity index (χ1n) is 6.44. The molecule has 0 aromatic carbocycles. The molecule has 3 unspecified atom stereocenters. The number of aliphatic carboxylic acids is 1.